The van der Waals surface area contributed by atoms with Crippen molar-refractivity contribution in [1.82, 2.24) is 0 Å². The van der Waals surface area contributed by atoms with E-state index in [-0.39, 0.29) is 73.4 Å². The molecular weight excluding hydrogens is 1400 g/mol. The summed E-state index contributed by atoms with van der Waals surface area (Å²) in [5.41, 5.74) is 3.01. The Balaban J connectivity index is -0.0000000744. The van der Waals surface area contributed by atoms with Crippen LogP contribution in [0.2, 0.25) is 0 Å². The average molecular weight is 1610 g/mol. The first-order valence-corrected chi connectivity index (χ1v) is 51.6. The fraction of sp³-hybridized carbons (Fsp3) is 0.786. The third-order valence-electron chi connectivity index (χ3n) is 11.7. The first-order chi connectivity index (χ1) is 46.3. The van der Waals surface area contributed by atoms with E-state index in [2.05, 4.69) is 415 Å². The minimum Gasteiger partial charge on any atom is -0.184 e. The number of hydrogen-bond acceptors (Lipinski definition) is 0. The van der Waals surface area contributed by atoms with Crippen molar-refractivity contribution >= 4 is 114 Å². The van der Waals surface area contributed by atoms with E-state index >= 15 is 0 Å². The summed E-state index contributed by atoms with van der Waals surface area (Å²) in [7, 11) is 1.48. The van der Waals surface area contributed by atoms with E-state index in [1.807, 2.05) is 96.9 Å². The molecule has 0 fully saturated rings. The van der Waals surface area contributed by atoms with Crippen molar-refractivity contribution in [3.05, 3.63) is 83.1 Å². The van der Waals surface area contributed by atoms with Crippen LogP contribution in [0.5, 0.6) is 0 Å². The van der Waals surface area contributed by atoms with Crippen molar-refractivity contribution in [2.75, 3.05) is 34.5 Å². The lowest BCUT2D eigenvalue weighted by Crippen LogP contribution is -2.11. The monoisotopic (exact) mass is 1610 g/mol. The molecule has 0 radical (unpaired) electrons. The predicted octanol–water partition coefficient (Wildman–Crippen LogP) is 36.6. The Bertz CT molecular complexity index is 2090. The van der Waals surface area contributed by atoms with Gasteiger partial charge in [-0.25, -0.2) is 0 Å². The van der Waals surface area contributed by atoms with Gasteiger partial charge in [0.1, 0.15) is 0 Å². The van der Waals surface area contributed by atoms with Gasteiger partial charge in [-0.05, 0) is 82.9 Å². The van der Waals surface area contributed by atoms with Crippen LogP contribution in [0.1, 0.15) is 394 Å². The molecule has 7 unspecified atom stereocenters. The summed E-state index contributed by atoms with van der Waals surface area (Å²) in [5.74, 6) is 36.1. The molecule has 0 nitrogen and oxygen atoms in total. The summed E-state index contributed by atoms with van der Waals surface area (Å²) < 4.78 is 1.71. The second-order valence-electron chi connectivity index (χ2n) is 39.7. The highest BCUT2D eigenvalue weighted by molar-refractivity contribution is 8.18. The number of hydrogen-bond donors (Lipinski definition) is 0. The molecule has 0 spiro atoms. The largest absolute Gasteiger partial charge is 0.184 e. The number of rotatable bonds is 14. The highest BCUT2D eigenvalue weighted by Crippen LogP contribution is 2.35. The van der Waals surface area contributed by atoms with Gasteiger partial charge in [0.25, 0.3) is 0 Å². The minimum absolute atomic E-state index is 0.147. The van der Waals surface area contributed by atoms with Gasteiger partial charge in [-0.3, -0.25) is 0 Å². The Morgan fingerprint density at radius 3 is 0.476 bits per heavy atom. The maximum Gasteiger partial charge on any atom is 0.00628 e. The second-order valence-corrected chi connectivity index (χ2v) is 55.5. The molecule has 7 heteroatoms. The fourth-order valence-electron chi connectivity index (χ4n) is 5.60. The van der Waals surface area contributed by atoms with E-state index in [9.17, 15) is 0 Å². The van der Waals surface area contributed by atoms with Crippen LogP contribution in [-0.4, -0.2) is 99.3 Å². The maximum absolute atomic E-state index is 4.21. The Morgan fingerprint density at radius 1 is 0.200 bits per heavy atom. The van der Waals surface area contributed by atoms with Gasteiger partial charge in [-0.1, -0.05) is 496 Å². The van der Waals surface area contributed by atoms with E-state index in [0.717, 1.165) is 29.4 Å². The van der Waals surface area contributed by atoms with Crippen LogP contribution in [0.3, 0.4) is 0 Å². The summed E-state index contributed by atoms with van der Waals surface area (Å²) in [6.07, 6.45) is 26.2. The predicted molar refractivity (Wildman–Crippen MR) is 554 cm³/mol. The zero-order valence-corrected chi connectivity index (χ0v) is 89.6. The van der Waals surface area contributed by atoms with Gasteiger partial charge in [0.2, 0.25) is 0 Å². The Labute approximate surface area is 692 Å². The summed E-state index contributed by atoms with van der Waals surface area (Å²) in [6, 6.07) is 0. The molecule has 0 saturated carbocycles. The van der Waals surface area contributed by atoms with Crippen molar-refractivity contribution in [3.8, 4) is 0 Å². The summed E-state index contributed by atoms with van der Waals surface area (Å²) in [6.45, 7) is 122. The van der Waals surface area contributed by atoms with Crippen LogP contribution < -0.4 is 0 Å². The quantitative estimate of drug-likeness (QED) is 0.120. The van der Waals surface area contributed by atoms with Crippen molar-refractivity contribution in [2.24, 2.45) is 48.7 Å². The smallest absolute Gasteiger partial charge is 0.00628 e. The Hall–Kier alpha value is -0.280. The molecule has 0 N–H and O–H groups in total. The van der Waals surface area contributed by atoms with Crippen LogP contribution in [0, 0.1) is 48.7 Å². The highest BCUT2D eigenvalue weighted by atomic mass is 32.2. The zero-order valence-electron chi connectivity index (χ0n) is 83.8. The fourth-order valence-corrected chi connectivity index (χ4v) is 13.3. The molecule has 0 bridgehead atoms. The van der Waals surface area contributed by atoms with E-state index in [1.54, 1.807) is 0 Å². The van der Waals surface area contributed by atoms with Crippen molar-refractivity contribution < 1.29 is 0 Å². The van der Waals surface area contributed by atoms with Gasteiger partial charge in [-0.15, -0.1) is 0 Å². The van der Waals surface area contributed by atoms with Gasteiger partial charge < -0.3 is 0 Å². The molecule has 105 heavy (non-hydrogen) atoms. The lowest BCUT2D eigenvalue weighted by Gasteiger charge is -2.22. The van der Waals surface area contributed by atoms with Crippen molar-refractivity contribution in [2.45, 2.75) is 418 Å². The topological polar surface area (TPSA) is 0 Å². The van der Waals surface area contributed by atoms with Crippen LogP contribution in [0.15, 0.2) is 83.1 Å². The molecule has 0 aliphatic carbocycles. The van der Waals surface area contributed by atoms with Gasteiger partial charge in [0.15, 0.2) is 0 Å². The molecule has 0 rings (SSSR count). The summed E-state index contributed by atoms with van der Waals surface area (Å²) in [4.78, 5) is 0. The molecule has 0 aromatic rings. The Kier molecular flexibility index (Phi) is 90.3. The van der Waals surface area contributed by atoms with Crippen molar-refractivity contribution in [3.63, 3.8) is 0 Å². The van der Waals surface area contributed by atoms with Gasteiger partial charge in [0.05, 0.1) is 0 Å². The first kappa shape index (κ1) is 137. The summed E-state index contributed by atoms with van der Waals surface area (Å²) >= 11 is 0. The first-order valence-electron chi connectivity index (χ1n) is 40.6. The molecule has 0 heterocycles. The molecular formula is C98H210S7. The third kappa shape index (κ3) is 143. The zero-order chi connectivity index (χ0) is 88.9. The van der Waals surface area contributed by atoms with E-state index in [4.69, 9.17) is 0 Å². The average Bonchev–Trinajstić information content (AvgIpc) is 0.936. The molecule has 0 amide bonds. The van der Waals surface area contributed by atoms with Crippen LogP contribution in [0.4, 0.5) is 0 Å². The maximum atomic E-state index is 4.21. The minimum atomic E-state index is 0.147. The Morgan fingerprint density at radius 2 is 0.362 bits per heavy atom. The SMILES string of the molecule is C=S(/C=C\C(C)(C)C)CC(C)(C)C.C=S(/C=C\C(C)(C)C)CC(C)(C)C.C=S(/C=C\CC(C)(C)C)C(C)(C)C.C=S(C/C=C\C(C)(C)C)C(C)(C)C.C=S(C/C=C\C(C)(C)C)C(C)(C)C.C=S(C/C=C\C(C)(C)C)C(C)(C)C.C=S(C/C=C\C(C)(C)C)C(C)(C)C.CC.CC.CC.CC.CC.CC.CC. The van der Waals surface area contributed by atoms with Crippen LogP contribution in [-0.2, 0) is 0 Å². The highest BCUT2D eigenvalue weighted by Gasteiger charge is 2.18. The molecule has 7 atom stereocenters. The standard InChI is InChI=1S/7C12H24S.7C2H6/c2*1-11(2,3)8-9-13(7)10-12(4,5)6;5*1-11(2,3)9-8-10-13(7)12(4,5)6;7*1-2/h2*8-9H,7,10H2,1-6H3;8,10H,7,9H2,1-6H3;4*8-9H,7,10H2,1-6H3;7*1-2H3/b2*9-8-;10-8-;4*9-8-;;;;;;;. The molecule has 0 aliphatic rings. The lowest BCUT2D eigenvalue weighted by atomic mass is 9.93. The van der Waals surface area contributed by atoms with Crippen LogP contribution >= 0.6 is 73.4 Å². The molecule has 0 aliphatic heterocycles. The molecule has 0 aromatic carbocycles. The van der Waals surface area contributed by atoms with Crippen molar-refractivity contribution in [1.29, 1.82) is 0 Å². The van der Waals surface area contributed by atoms with E-state index < -0.39 is 0 Å². The lowest BCUT2D eigenvalue weighted by molar-refractivity contribution is 0.421. The normalized spacial score (nSPS) is 14.7. The van der Waals surface area contributed by atoms with Gasteiger partial charge >= 0.3 is 0 Å². The molecule has 0 saturated heterocycles. The van der Waals surface area contributed by atoms with Crippen LogP contribution in [0.25, 0.3) is 0 Å². The third-order valence-corrected chi connectivity index (χ3v) is 26.6. The van der Waals surface area contributed by atoms with E-state index in [1.165, 1.54) is 11.5 Å². The molecule has 0 aromatic heterocycles. The molecule has 644 valence electrons. The summed E-state index contributed by atoms with van der Waals surface area (Å²) in [5, 5.41) is 6.81. The number of allylic oxidation sites excluding steroid dienone is 7. The van der Waals surface area contributed by atoms with E-state index in [0.29, 0.717) is 72.5 Å². The van der Waals surface area contributed by atoms with Gasteiger partial charge in [-0.2, -0.15) is 73.4 Å². The second kappa shape index (κ2) is 69.2. The van der Waals surface area contributed by atoms with Gasteiger partial charge in [0, 0.05) is 46.7 Å².